The lowest BCUT2D eigenvalue weighted by molar-refractivity contribution is 0.454. The largest absolute Gasteiger partial charge is 0.330 e. The molecule has 112 valence electrons. The first-order chi connectivity index (χ1) is 9.30. The van der Waals surface area contributed by atoms with Gasteiger partial charge in [-0.25, -0.2) is 26.3 Å². The summed E-state index contributed by atoms with van der Waals surface area (Å²) in [5, 5.41) is 0. The molecule has 0 amide bonds. The number of hydrogen-bond acceptors (Lipinski definition) is 3. The fraction of sp³-hybridized carbons (Fsp3) is 0.500. The van der Waals surface area contributed by atoms with E-state index in [-0.39, 0.29) is 12.0 Å². The lowest BCUT2D eigenvalue weighted by atomic mass is 10.0. The molecule has 0 unspecified atom stereocenters. The zero-order valence-corrected chi connectivity index (χ0v) is 11.4. The SMILES string of the molecule is NCCC1(CNS(=O)(=O)c2c(F)cc(F)cc2F)CC1. The molecule has 0 atom stereocenters. The third-order valence-electron chi connectivity index (χ3n) is 3.50. The van der Waals surface area contributed by atoms with Crippen LogP contribution in [0.25, 0.3) is 0 Å². The van der Waals surface area contributed by atoms with E-state index in [0.29, 0.717) is 25.1 Å². The molecule has 8 heteroatoms. The molecule has 1 saturated carbocycles. The highest BCUT2D eigenvalue weighted by Crippen LogP contribution is 2.48. The Kier molecular flexibility index (Phi) is 4.08. The number of rotatable bonds is 6. The van der Waals surface area contributed by atoms with Crippen LogP contribution in [0.15, 0.2) is 17.0 Å². The summed E-state index contributed by atoms with van der Waals surface area (Å²) < 4.78 is 65.7. The van der Waals surface area contributed by atoms with Crippen LogP contribution < -0.4 is 10.5 Å². The minimum Gasteiger partial charge on any atom is -0.330 e. The van der Waals surface area contributed by atoms with Crippen LogP contribution in [0, 0.1) is 22.9 Å². The molecule has 0 saturated heterocycles. The van der Waals surface area contributed by atoms with Gasteiger partial charge in [0.1, 0.15) is 17.5 Å². The van der Waals surface area contributed by atoms with Gasteiger partial charge in [0.25, 0.3) is 0 Å². The molecule has 0 heterocycles. The first-order valence-electron chi connectivity index (χ1n) is 6.14. The maximum absolute atomic E-state index is 13.5. The molecule has 4 nitrogen and oxygen atoms in total. The van der Waals surface area contributed by atoms with E-state index in [2.05, 4.69) is 4.72 Å². The van der Waals surface area contributed by atoms with Crippen LogP contribution in [-0.4, -0.2) is 21.5 Å². The van der Waals surface area contributed by atoms with Gasteiger partial charge in [0, 0.05) is 18.7 Å². The van der Waals surface area contributed by atoms with Crippen LogP contribution >= 0.6 is 0 Å². The molecular formula is C12H15F3N2O2S. The van der Waals surface area contributed by atoms with Crippen LogP contribution in [0.5, 0.6) is 0 Å². The first kappa shape index (κ1) is 15.3. The average molecular weight is 308 g/mol. The van der Waals surface area contributed by atoms with Gasteiger partial charge in [-0.05, 0) is 31.2 Å². The Labute approximate surface area is 115 Å². The standard InChI is InChI=1S/C12H15F3N2O2S/c13-8-5-9(14)11(10(15)6-8)20(18,19)17-7-12(1-2-12)3-4-16/h5-6,17H,1-4,7,16H2. The normalized spacial score (nSPS) is 17.2. The fourth-order valence-corrected chi connectivity index (χ4v) is 3.38. The molecule has 1 aliphatic carbocycles. The number of benzene rings is 1. The van der Waals surface area contributed by atoms with Crippen molar-refractivity contribution in [2.45, 2.75) is 24.2 Å². The van der Waals surface area contributed by atoms with E-state index in [0.717, 1.165) is 12.8 Å². The van der Waals surface area contributed by atoms with Gasteiger partial charge in [0.05, 0.1) is 0 Å². The monoisotopic (exact) mass is 308 g/mol. The summed E-state index contributed by atoms with van der Waals surface area (Å²) in [6.45, 7) is 0.490. The van der Waals surface area contributed by atoms with Gasteiger partial charge in [-0.15, -0.1) is 0 Å². The second kappa shape index (κ2) is 5.34. The van der Waals surface area contributed by atoms with Crippen molar-refractivity contribution in [3.63, 3.8) is 0 Å². The molecular weight excluding hydrogens is 293 g/mol. The Balaban J connectivity index is 2.19. The highest BCUT2D eigenvalue weighted by atomic mass is 32.2. The van der Waals surface area contributed by atoms with Crippen molar-refractivity contribution in [1.82, 2.24) is 4.72 Å². The van der Waals surface area contributed by atoms with E-state index in [1.165, 1.54) is 0 Å². The molecule has 0 spiro atoms. The molecule has 0 radical (unpaired) electrons. The second-order valence-corrected chi connectivity index (χ2v) is 6.77. The maximum Gasteiger partial charge on any atom is 0.246 e. The Morgan fingerprint density at radius 2 is 1.75 bits per heavy atom. The van der Waals surface area contributed by atoms with Crippen molar-refractivity contribution in [3.8, 4) is 0 Å². The second-order valence-electron chi connectivity index (χ2n) is 5.06. The maximum atomic E-state index is 13.5. The summed E-state index contributed by atoms with van der Waals surface area (Å²) in [5.41, 5.74) is 5.22. The molecule has 0 aromatic heterocycles. The molecule has 20 heavy (non-hydrogen) atoms. The van der Waals surface area contributed by atoms with Crippen molar-refractivity contribution in [2.75, 3.05) is 13.1 Å². The highest BCUT2D eigenvalue weighted by molar-refractivity contribution is 7.89. The molecule has 2 rings (SSSR count). The number of sulfonamides is 1. The van der Waals surface area contributed by atoms with Gasteiger partial charge in [0.15, 0.2) is 4.90 Å². The van der Waals surface area contributed by atoms with Gasteiger partial charge in [0.2, 0.25) is 10.0 Å². The molecule has 1 aromatic carbocycles. The van der Waals surface area contributed by atoms with Gasteiger partial charge >= 0.3 is 0 Å². The van der Waals surface area contributed by atoms with E-state index >= 15 is 0 Å². The summed E-state index contributed by atoms with van der Waals surface area (Å²) in [4.78, 5) is -1.15. The van der Waals surface area contributed by atoms with Gasteiger partial charge in [-0.1, -0.05) is 0 Å². The zero-order valence-electron chi connectivity index (χ0n) is 10.6. The Morgan fingerprint density at radius 1 is 1.20 bits per heavy atom. The van der Waals surface area contributed by atoms with Crippen LogP contribution in [-0.2, 0) is 10.0 Å². The van der Waals surface area contributed by atoms with Crippen molar-refractivity contribution < 1.29 is 21.6 Å². The predicted octanol–water partition coefficient (Wildman–Crippen LogP) is 1.51. The summed E-state index contributed by atoms with van der Waals surface area (Å²) in [6, 6.07) is 0.675. The van der Waals surface area contributed by atoms with Crippen LogP contribution in [0.1, 0.15) is 19.3 Å². The lowest BCUT2D eigenvalue weighted by Gasteiger charge is -2.15. The third-order valence-corrected chi connectivity index (χ3v) is 4.95. The third kappa shape index (κ3) is 3.13. The molecule has 1 fully saturated rings. The summed E-state index contributed by atoms with van der Waals surface area (Å²) in [7, 11) is -4.36. The van der Waals surface area contributed by atoms with Gasteiger partial charge < -0.3 is 5.73 Å². The summed E-state index contributed by atoms with van der Waals surface area (Å²) in [6.07, 6.45) is 2.28. The number of hydrogen-bond donors (Lipinski definition) is 2. The van der Waals surface area contributed by atoms with Crippen LogP contribution in [0.3, 0.4) is 0 Å². The smallest absolute Gasteiger partial charge is 0.246 e. The Hall–Kier alpha value is -1.12. The van der Waals surface area contributed by atoms with E-state index in [1.807, 2.05) is 0 Å². The molecule has 1 aromatic rings. The minimum atomic E-state index is -4.36. The lowest BCUT2D eigenvalue weighted by Crippen LogP contribution is -2.32. The molecule has 0 bridgehead atoms. The van der Waals surface area contributed by atoms with Gasteiger partial charge in [-0.2, -0.15) is 0 Å². The zero-order chi connectivity index (χ0) is 15.0. The Bertz CT molecular complexity index is 592. The Morgan fingerprint density at radius 3 is 2.20 bits per heavy atom. The summed E-state index contributed by atoms with van der Waals surface area (Å²) >= 11 is 0. The van der Waals surface area contributed by atoms with Crippen molar-refractivity contribution in [2.24, 2.45) is 11.1 Å². The summed E-state index contributed by atoms with van der Waals surface area (Å²) in [5.74, 6) is -4.06. The van der Waals surface area contributed by atoms with E-state index in [9.17, 15) is 21.6 Å². The van der Waals surface area contributed by atoms with Crippen molar-refractivity contribution in [3.05, 3.63) is 29.6 Å². The van der Waals surface area contributed by atoms with Crippen LogP contribution in [0.2, 0.25) is 0 Å². The average Bonchev–Trinajstić information content (AvgIpc) is 3.06. The van der Waals surface area contributed by atoms with Crippen molar-refractivity contribution >= 4 is 10.0 Å². The number of nitrogens with two attached hydrogens (primary N) is 1. The quantitative estimate of drug-likeness (QED) is 0.837. The first-order valence-corrected chi connectivity index (χ1v) is 7.62. The van der Waals surface area contributed by atoms with Gasteiger partial charge in [-0.3, -0.25) is 0 Å². The predicted molar refractivity (Wildman–Crippen MR) is 66.8 cm³/mol. The minimum absolute atomic E-state index is 0.0722. The van der Waals surface area contributed by atoms with E-state index in [4.69, 9.17) is 5.73 Å². The highest BCUT2D eigenvalue weighted by Gasteiger charge is 2.42. The number of halogens is 3. The fourth-order valence-electron chi connectivity index (χ4n) is 2.10. The molecule has 0 aliphatic heterocycles. The molecule has 3 N–H and O–H groups in total. The number of nitrogens with one attached hydrogen (secondary N) is 1. The molecule has 1 aliphatic rings. The van der Waals surface area contributed by atoms with E-state index in [1.54, 1.807) is 0 Å². The van der Waals surface area contributed by atoms with Crippen LogP contribution in [0.4, 0.5) is 13.2 Å². The van der Waals surface area contributed by atoms with Crippen molar-refractivity contribution in [1.29, 1.82) is 0 Å². The topological polar surface area (TPSA) is 72.2 Å². The van der Waals surface area contributed by atoms with E-state index < -0.39 is 32.4 Å².